The fraction of sp³-hybridized carbons (Fsp3) is 0.111. The normalized spacial score (nSPS) is 10.5. The summed E-state index contributed by atoms with van der Waals surface area (Å²) in [6, 6.07) is 17.8. The fourth-order valence-electron chi connectivity index (χ4n) is 2.30. The van der Waals surface area contributed by atoms with Gasteiger partial charge in [-0.15, -0.1) is 0 Å². The highest BCUT2D eigenvalue weighted by molar-refractivity contribution is 5.97. The maximum absolute atomic E-state index is 12.3. The van der Waals surface area contributed by atoms with E-state index in [9.17, 15) is 4.79 Å². The van der Waals surface area contributed by atoms with Crippen LogP contribution in [0.25, 0.3) is 5.69 Å². The van der Waals surface area contributed by atoms with Gasteiger partial charge in [0.2, 0.25) is 0 Å². The van der Waals surface area contributed by atoms with Gasteiger partial charge in [0, 0.05) is 12.6 Å². The predicted molar refractivity (Wildman–Crippen MR) is 82.8 cm³/mol. The number of aryl methyl sites for hydroxylation is 1. The fourth-order valence-corrected chi connectivity index (χ4v) is 2.30. The van der Waals surface area contributed by atoms with Crippen LogP contribution >= 0.6 is 0 Å². The number of benzene rings is 2. The van der Waals surface area contributed by atoms with Gasteiger partial charge in [0.15, 0.2) is 5.78 Å². The second kappa shape index (κ2) is 5.75. The van der Waals surface area contributed by atoms with Crippen molar-refractivity contribution < 1.29 is 4.79 Å². The Bertz CT molecular complexity index is 760. The van der Waals surface area contributed by atoms with Crippen LogP contribution in [0.3, 0.4) is 0 Å². The summed E-state index contributed by atoms with van der Waals surface area (Å²) >= 11 is 0. The average molecular weight is 276 g/mol. The number of aromatic nitrogens is 2. The van der Waals surface area contributed by atoms with Crippen LogP contribution in [0.5, 0.6) is 0 Å². The van der Waals surface area contributed by atoms with Crippen molar-refractivity contribution in [1.82, 2.24) is 9.78 Å². The van der Waals surface area contributed by atoms with E-state index in [0.29, 0.717) is 12.0 Å². The van der Waals surface area contributed by atoms with Gasteiger partial charge in [0.25, 0.3) is 0 Å². The summed E-state index contributed by atoms with van der Waals surface area (Å²) < 4.78 is 1.73. The zero-order valence-corrected chi connectivity index (χ0v) is 11.9. The highest BCUT2D eigenvalue weighted by Crippen LogP contribution is 2.11. The lowest BCUT2D eigenvalue weighted by molar-refractivity contribution is 0.0993. The van der Waals surface area contributed by atoms with Crippen molar-refractivity contribution in [1.29, 1.82) is 0 Å². The molecule has 0 spiro atoms. The van der Waals surface area contributed by atoms with Crippen LogP contribution in [0.4, 0.5) is 0 Å². The van der Waals surface area contributed by atoms with Gasteiger partial charge in [0.05, 0.1) is 17.4 Å². The molecule has 0 saturated carbocycles. The zero-order valence-electron chi connectivity index (χ0n) is 11.9. The standard InChI is InChI=1S/C18H16N2O/c1-14-6-5-7-15(10-14)11-18(21)16-12-19-20(13-16)17-8-3-2-4-9-17/h2-10,12-13H,11H2,1H3. The summed E-state index contributed by atoms with van der Waals surface area (Å²) in [5.41, 5.74) is 3.79. The number of Topliss-reactive ketones (excluding diaryl/α,β-unsaturated/α-hetero) is 1. The van der Waals surface area contributed by atoms with Crippen LogP contribution in [-0.4, -0.2) is 15.6 Å². The second-order valence-corrected chi connectivity index (χ2v) is 5.10. The lowest BCUT2D eigenvalue weighted by Gasteiger charge is -2.01. The van der Waals surface area contributed by atoms with Crippen molar-refractivity contribution in [2.75, 3.05) is 0 Å². The van der Waals surface area contributed by atoms with E-state index in [1.807, 2.05) is 61.5 Å². The summed E-state index contributed by atoms with van der Waals surface area (Å²) in [5, 5.41) is 4.26. The highest BCUT2D eigenvalue weighted by atomic mass is 16.1. The first-order valence-electron chi connectivity index (χ1n) is 6.91. The van der Waals surface area contributed by atoms with E-state index in [1.54, 1.807) is 17.1 Å². The molecule has 0 N–H and O–H groups in total. The maximum Gasteiger partial charge on any atom is 0.170 e. The molecule has 3 heteroatoms. The van der Waals surface area contributed by atoms with Crippen LogP contribution in [0.2, 0.25) is 0 Å². The molecule has 1 heterocycles. The van der Waals surface area contributed by atoms with Gasteiger partial charge < -0.3 is 0 Å². The quantitative estimate of drug-likeness (QED) is 0.682. The van der Waals surface area contributed by atoms with Crippen molar-refractivity contribution in [3.05, 3.63) is 83.7 Å². The SMILES string of the molecule is Cc1cccc(CC(=O)c2cnn(-c3ccccc3)c2)c1. The third-order valence-electron chi connectivity index (χ3n) is 3.37. The molecule has 0 fully saturated rings. The van der Waals surface area contributed by atoms with Gasteiger partial charge >= 0.3 is 0 Å². The molecule has 0 radical (unpaired) electrons. The van der Waals surface area contributed by atoms with Crippen molar-refractivity contribution >= 4 is 5.78 Å². The van der Waals surface area contributed by atoms with E-state index >= 15 is 0 Å². The van der Waals surface area contributed by atoms with Gasteiger partial charge in [-0.05, 0) is 24.6 Å². The Balaban J connectivity index is 1.78. The van der Waals surface area contributed by atoms with Crippen LogP contribution in [0.15, 0.2) is 67.0 Å². The summed E-state index contributed by atoms with van der Waals surface area (Å²) in [6.45, 7) is 2.03. The van der Waals surface area contributed by atoms with Crippen molar-refractivity contribution in [2.24, 2.45) is 0 Å². The average Bonchev–Trinajstić information content (AvgIpc) is 2.98. The molecule has 21 heavy (non-hydrogen) atoms. The van der Waals surface area contributed by atoms with E-state index in [1.165, 1.54) is 5.56 Å². The highest BCUT2D eigenvalue weighted by Gasteiger charge is 2.10. The Labute approximate surface area is 123 Å². The van der Waals surface area contributed by atoms with Crippen molar-refractivity contribution in [3.8, 4) is 5.69 Å². The molecule has 0 aliphatic heterocycles. The molecular formula is C18H16N2O. The summed E-state index contributed by atoms with van der Waals surface area (Å²) in [5.74, 6) is 0.0859. The third-order valence-corrected chi connectivity index (χ3v) is 3.37. The molecule has 3 aromatic rings. The van der Waals surface area contributed by atoms with Gasteiger partial charge in [-0.1, -0.05) is 48.0 Å². The van der Waals surface area contributed by atoms with Gasteiger partial charge in [-0.25, -0.2) is 4.68 Å². The first kappa shape index (κ1) is 13.3. The lowest BCUT2D eigenvalue weighted by atomic mass is 10.0. The second-order valence-electron chi connectivity index (χ2n) is 5.10. The molecule has 0 aliphatic rings. The van der Waals surface area contributed by atoms with Crippen molar-refractivity contribution in [3.63, 3.8) is 0 Å². The number of nitrogens with zero attached hydrogens (tertiary/aromatic N) is 2. The number of hydrogen-bond acceptors (Lipinski definition) is 2. The number of ketones is 1. The van der Waals surface area contributed by atoms with E-state index < -0.39 is 0 Å². The minimum atomic E-state index is 0.0859. The van der Waals surface area contributed by atoms with Crippen LogP contribution < -0.4 is 0 Å². The van der Waals surface area contributed by atoms with Crippen molar-refractivity contribution in [2.45, 2.75) is 13.3 Å². The first-order valence-corrected chi connectivity index (χ1v) is 6.91. The van der Waals surface area contributed by atoms with Gasteiger partial charge in [0.1, 0.15) is 0 Å². The molecule has 3 rings (SSSR count). The molecule has 0 atom stereocenters. The molecule has 0 amide bonds. The summed E-state index contributed by atoms with van der Waals surface area (Å²) in [6.07, 6.45) is 3.82. The Hall–Kier alpha value is -2.68. The van der Waals surface area contributed by atoms with Gasteiger partial charge in [-0.3, -0.25) is 4.79 Å². The van der Waals surface area contributed by atoms with Gasteiger partial charge in [-0.2, -0.15) is 5.10 Å². The molecule has 0 aliphatic carbocycles. The smallest absolute Gasteiger partial charge is 0.170 e. The Kier molecular flexibility index (Phi) is 3.65. The molecule has 0 bridgehead atoms. The molecule has 0 saturated heterocycles. The predicted octanol–water partition coefficient (Wildman–Crippen LogP) is 3.61. The molecular weight excluding hydrogens is 260 g/mol. The number of carbonyl (C=O) groups excluding carboxylic acids is 1. The monoisotopic (exact) mass is 276 g/mol. The Morgan fingerprint density at radius 2 is 1.90 bits per heavy atom. The Morgan fingerprint density at radius 3 is 2.67 bits per heavy atom. The number of rotatable bonds is 4. The zero-order chi connectivity index (χ0) is 14.7. The number of para-hydroxylation sites is 1. The Morgan fingerprint density at radius 1 is 1.10 bits per heavy atom. The van der Waals surface area contributed by atoms with E-state index in [4.69, 9.17) is 0 Å². The summed E-state index contributed by atoms with van der Waals surface area (Å²) in [4.78, 5) is 12.3. The number of carbonyl (C=O) groups is 1. The molecule has 3 nitrogen and oxygen atoms in total. The van der Waals surface area contributed by atoms with Crippen LogP contribution in [0.1, 0.15) is 21.5 Å². The minimum absolute atomic E-state index is 0.0859. The lowest BCUT2D eigenvalue weighted by Crippen LogP contribution is -2.02. The molecule has 104 valence electrons. The summed E-state index contributed by atoms with van der Waals surface area (Å²) in [7, 11) is 0. The topological polar surface area (TPSA) is 34.9 Å². The van der Waals surface area contributed by atoms with E-state index in [-0.39, 0.29) is 5.78 Å². The maximum atomic E-state index is 12.3. The molecule has 1 aromatic heterocycles. The number of hydrogen-bond donors (Lipinski definition) is 0. The largest absolute Gasteiger partial charge is 0.294 e. The van der Waals surface area contributed by atoms with Crippen LogP contribution in [-0.2, 0) is 6.42 Å². The van der Waals surface area contributed by atoms with E-state index in [2.05, 4.69) is 5.10 Å². The third kappa shape index (κ3) is 3.08. The first-order chi connectivity index (χ1) is 10.2. The minimum Gasteiger partial charge on any atom is -0.294 e. The van der Waals surface area contributed by atoms with E-state index in [0.717, 1.165) is 11.3 Å². The molecule has 0 unspecified atom stereocenters. The molecule has 2 aromatic carbocycles. The van der Waals surface area contributed by atoms with Crippen LogP contribution in [0, 0.1) is 6.92 Å².